The molecule has 1 saturated heterocycles. The molecule has 0 radical (unpaired) electrons. The first kappa shape index (κ1) is 11.3. The molecule has 0 aromatic heterocycles. The van der Waals surface area contributed by atoms with Crippen LogP contribution in [0.2, 0.25) is 0 Å². The predicted molar refractivity (Wildman–Crippen MR) is 64.4 cm³/mol. The molecule has 0 spiro atoms. The van der Waals surface area contributed by atoms with Gasteiger partial charge in [-0.25, -0.2) is 0 Å². The van der Waals surface area contributed by atoms with Crippen LogP contribution >= 0.6 is 0 Å². The van der Waals surface area contributed by atoms with Crippen LogP contribution < -0.4 is 11.1 Å². The van der Waals surface area contributed by atoms with Gasteiger partial charge in [0.1, 0.15) is 0 Å². The van der Waals surface area contributed by atoms with Crippen molar-refractivity contribution in [2.45, 2.75) is 31.8 Å². The fourth-order valence-electron chi connectivity index (χ4n) is 2.23. The van der Waals surface area contributed by atoms with Crippen LogP contribution in [-0.4, -0.2) is 18.4 Å². The Morgan fingerprint density at radius 1 is 1.50 bits per heavy atom. The van der Waals surface area contributed by atoms with Gasteiger partial charge in [-0.05, 0) is 37.9 Å². The molecule has 1 fully saturated rings. The zero-order valence-electron chi connectivity index (χ0n) is 9.57. The average Bonchev–Trinajstić information content (AvgIpc) is 2.30. The summed E-state index contributed by atoms with van der Waals surface area (Å²) in [6, 6.07) is 8.10. The van der Waals surface area contributed by atoms with Gasteiger partial charge in [0, 0.05) is 17.6 Å². The lowest BCUT2D eigenvalue weighted by Gasteiger charge is -2.30. The van der Waals surface area contributed by atoms with E-state index in [4.69, 9.17) is 5.73 Å². The number of benzene rings is 1. The van der Waals surface area contributed by atoms with Gasteiger partial charge >= 0.3 is 0 Å². The van der Waals surface area contributed by atoms with E-state index in [1.807, 2.05) is 24.3 Å². The lowest BCUT2D eigenvalue weighted by molar-refractivity contribution is 0.101. The van der Waals surface area contributed by atoms with E-state index in [-0.39, 0.29) is 17.9 Å². The molecule has 1 heterocycles. The second-order valence-corrected chi connectivity index (χ2v) is 4.42. The number of rotatable bonds is 2. The van der Waals surface area contributed by atoms with Crippen molar-refractivity contribution in [2.24, 2.45) is 5.73 Å². The second-order valence-electron chi connectivity index (χ2n) is 4.42. The zero-order valence-corrected chi connectivity index (χ0v) is 9.57. The summed E-state index contributed by atoms with van der Waals surface area (Å²) in [5.74, 6) is 0.103. The number of Topliss-reactive ketones (excluding diaryl/α,β-unsaturated/α-hetero) is 1. The van der Waals surface area contributed by atoms with Gasteiger partial charge in [0.2, 0.25) is 0 Å². The van der Waals surface area contributed by atoms with Crippen LogP contribution in [0.4, 0.5) is 0 Å². The molecule has 0 aliphatic carbocycles. The van der Waals surface area contributed by atoms with Crippen molar-refractivity contribution < 1.29 is 4.79 Å². The Morgan fingerprint density at radius 3 is 3.00 bits per heavy atom. The molecule has 0 bridgehead atoms. The first-order valence-corrected chi connectivity index (χ1v) is 5.78. The number of piperidine rings is 1. The SMILES string of the molecule is CC(=O)c1cccc(C2NCCCC2N)c1. The van der Waals surface area contributed by atoms with Gasteiger partial charge in [0.05, 0.1) is 0 Å². The van der Waals surface area contributed by atoms with Crippen molar-refractivity contribution in [1.82, 2.24) is 5.32 Å². The van der Waals surface area contributed by atoms with Gasteiger partial charge in [0.15, 0.2) is 5.78 Å². The van der Waals surface area contributed by atoms with Crippen LogP contribution in [0.25, 0.3) is 0 Å². The summed E-state index contributed by atoms with van der Waals surface area (Å²) in [4.78, 5) is 11.3. The Kier molecular flexibility index (Phi) is 3.36. The summed E-state index contributed by atoms with van der Waals surface area (Å²) in [5, 5.41) is 3.41. The summed E-state index contributed by atoms with van der Waals surface area (Å²) in [6.45, 7) is 2.59. The van der Waals surface area contributed by atoms with Gasteiger partial charge in [-0.3, -0.25) is 4.79 Å². The molecule has 1 aromatic rings. The van der Waals surface area contributed by atoms with E-state index < -0.39 is 0 Å². The van der Waals surface area contributed by atoms with E-state index in [0.29, 0.717) is 0 Å². The third-order valence-corrected chi connectivity index (χ3v) is 3.16. The molecule has 1 aliphatic rings. The van der Waals surface area contributed by atoms with Crippen LogP contribution in [0.3, 0.4) is 0 Å². The van der Waals surface area contributed by atoms with Gasteiger partial charge in [-0.1, -0.05) is 18.2 Å². The number of hydrogen-bond acceptors (Lipinski definition) is 3. The van der Waals surface area contributed by atoms with Gasteiger partial charge in [-0.15, -0.1) is 0 Å². The molecule has 3 heteroatoms. The number of ketones is 1. The van der Waals surface area contributed by atoms with E-state index >= 15 is 0 Å². The van der Waals surface area contributed by atoms with Gasteiger partial charge in [-0.2, -0.15) is 0 Å². The maximum Gasteiger partial charge on any atom is 0.159 e. The molecule has 16 heavy (non-hydrogen) atoms. The Labute approximate surface area is 96.0 Å². The van der Waals surface area contributed by atoms with E-state index in [1.54, 1.807) is 6.92 Å². The smallest absolute Gasteiger partial charge is 0.159 e. The van der Waals surface area contributed by atoms with Crippen molar-refractivity contribution in [3.05, 3.63) is 35.4 Å². The minimum absolute atomic E-state index is 0.103. The number of carbonyl (C=O) groups excluding carboxylic acids is 1. The molecule has 1 aliphatic heterocycles. The Bertz CT molecular complexity index is 389. The van der Waals surface area contributed by atoms with Crippen molar-refractivity contribution >= 4 is 5.78 Å². The molecule has 2 rings (SSSR count). The summed E-state index contributed by atoms with van der Waals surface area (Å²) in [5.41, 5.74) is 7.98. The topological polar surface area (TPSA) is 55.1 Å². The highest BCUT2D eigenvalue weighted by Gasteiger charge is 2.22. The van der Waals surface area contributed by atoms with Crippen LogP contribution in [-0.2, 0) is 0 Å². The maximum atomic E-state index is 11.3. The molecule has 2 atom stereocenters. The number of carbonyl (C=O) groups is 1. The number of hydrogen-bond donors (Lipinski definition) is 2. The fourth-order valence-corrected chi connectivity index (χ4v) is 2.23. The normalized spacial score (nSPS) is 25.4. The summed E-state index contributed by atoms with van der Waals surface area (Å²) in [7, 11) is 0. The average molecular weight is 218 g/mol. The van der Waals surface area contributed by atoms with Crippen molar-refractivity contribution in [1.29, 1.82) is 0 Å². The monoisotopic (exact) mass is 218 g/mol. The van der Waals surface area contributed by atoms with Crippen LogP contribution in [0.1, 0.15) is 41.7 Å². The lowest BCUT2D eigenvalue weighted by atomic mass is 9.92. The first-order chi connectivity index (χ1) is 7.68. The summed E-state index contributed by atoms with van der Waals surface area (Å²) >= 11 is 0. The Morgan fingerprint density at radius 2 is 2.31 bits per heavy atom. The maximum absolute atomic E-state index is 11.3. The van der Waals surface area contributed by atoms with Crippen LogP contribution in [0, 0.1) is 0 Å². The number of nitrogens with two attached hydrogens (primary N) is 1. The van der Waals surface area contributed by atoms with Crippen LogP contribution in [0.5, 0.6) is 0 Å². The molecule has 3 N–H and O–H groups in total. The summed E-state index contributed by atoms with van der Waals surface area (Å²) < 4.78 is 0. The van der Waals surface area contributed by atoms with E-state index in [9.17, 15) is 4.79 Å². The van der Waals surface area contributed by atoms with E-state index in [2.05, 4.69) is 5.32 Å². The largest absolute Gasteiger partial charge is 0.326 e. The van der Waals surface area contributed by atoms with Crippen molar-refractivity contribution in [3.63, 3.8) is 0 Å². The molecule has 0 saturated carbocycles. The molecule has 3 nitrogen and oxygen atoms in total. The molecular weight excluding hydrogens is 200 g/mol. The summed E-state index contributed by atoms with van der Waals surface area (Å²) in [6.07, 6.45) is 2.17. The second kappa shape index (κ2) is 4.76. The Balaban J connectivity index is 2.25. The highest BCUT2D eigenvalue weighted by molar-refractivity contribution is 5.94. The Hall–Kier alpha value is -1.19. The predicted octanol–water partition coefficient (Wildman–Crippen LogP) is 1.64. The minimum Gasteiger partial charge on any atom is -0.326 e. The zero-order chi connectivity index (χ0) is 11.5. The van der Waals surface area contributed by atoms with Gasteiger partial charge in [0.25, 0.3) is 0 Å². The quantitative estimate of drug-likeness (QED) is 0.742. The molecule has 1 aromatic carbocycles. The first-order valence-electron chi connectivity index (χ1n) is 5.78. The molecule has 0 amide bonds. The van der Waals surface area contributed by atoms with Crippen molar-refractivity contribution in [2.75, 3.05) is 6.54 Å². The van der Waals surface area contributed by atoms with E-state index in [1.165, 1.54) is 0 Å². The highest BCUT2D eigenvalue weighted by Crippen LogP contribution is 2.22. The van der Waals surface area contributed by atoms with Crippen LogP contribution in [0.15, 0.2) is 24.3 Å². The standard InChI is InChI=1S/C13H18N2O/c1-9(16)10-4-2-5-11(8-10)13-12(14)6-3-7-15-13/h2,4-5,8,12-13,15H,3,6-7,14H2,1H3. The minimum atomic E-state index is 0.103. The third kappa shape index (κ3) is 2.31. The number of nitrogens with one attached hydrogen (secondary N) is 1. The third-order valence-electron chi connectivity index (χ3n) is 3.16. The van der Waals surface area contributed by atoms with E-state index in [0.717, 1.165) is 30.5 Å². The van der Waals surface area contributed by atoms with Crippen molar-refractivity contribution in [3.8, 4) is 0 Å². The molecule has 2 unspecified atom stereocenters. The molecular formula is C13H18N2O. The fraction of sp³-hybridized carbons (Fsp3) is 0.462. The highest BCUT2D eigenvalue weighted by atomic mass is 16.1. The lowest BCUT2D eigenvalue weighted by Crippen LogP contribution is -2.42. The van der Waals surface area contributed by atoms with Gasteiger partial charge < -0.3 is 11.1 Å². The molecule has 86 valence electrons.